The van der Waals surface area contributed by atoms with E-state index in [9.17, 15) is 0 Å². The van der Waals surface area contributed by atoms with Crippen molar-refractivity contribution >= 4 is 0 Å². The van der Waals surface area contributed by atoms with Gasteiger partial charge < -0.3 is 5.32 Å². The van der Waals surface area contributed by atoms with Gasteiger partial charge in [-0.2, -0.15) is 5.10 Å². The van der Waals surface area contributed by atoms with Crippen LogP contribution in [0.4, 0.5) is 0 Å². The van der Waals surface area contributed by atoms with Crippen LogP contribution in [0.1, 0.15) is 25.8 Å². The Morgan fingerprint density at radius 1 is 1.57 bits per heavy atom. The van der Waals surface area contributed by atoms with Crippen LogP contribution in [0.5, 0.6) is 0 Å². The van der Waals surface area contributed by atoms with Crippen LogP contribution < -0.4 is 5.32 Å². The summed E-state index contributed by atoms with van der Waals surface area (Å²) in [5, 5.41) is 7.50. The Morgan fingerprint density at radius 2 is 2.29 bits per heavy atom. The van der Waals surface area contributed by atoms with Gasteiger partial charge in [0.1, 0.15) is 0 Å². The number of hydrogen-bond acceptors (Lipinski definition) is 2. The molecule has 0 aliphatic rings. The van der Waals surface area contributed by atoms with E-state index in [0.717, 1.165) is 6.42 Å². The predicted molar refractivity (Wildman–Crippen MR) is 59.2 cm³/mol. The Morgan fingerprint density at radius 3 is 2.71 bits per heavy atom. The number of rotatable bonds is 5. The lowest BCUT2D eigenvalue weighted by atomic mass is 9.92. The summed E-state index contributed by atoms with van der Waals surface area (Å²) >= 11 is 0. The van der Waals surface area contributed by atoms with Gasteiger partial charge in [-0.25, -0.2) is 0 Å². The lowest BCUT2D eigenvalue weighted by Gasteiger charge is -2.21. The minimum atomic E-state index is 0.570. The predicted octanol–water partition coefficient (Wildman–Crippen LogP) is 1.60. The van der Waals surface area contributed by atoms with Gasteiger partial charge in [0.25, 0.3) is 0 Å². The van der Waals surface area contributed by atoms with Crippen LogP contribution in [0.25, 0.3) is 0 Å². The van der Waals surface area contributed by atoms with E-state index < -0.39 is 0 Å². The molecule has 0 spiro atoms. The zero-order valence-corrected chi connectivity index (χ0v) is 9.62. The third-order valence-corrected chi connectivity index (χ3v) is 2.94. The monoisotopic (exact) mass is 195 g/mol. The summed E-state index contributed by atoms with van der Waals surface area (Å²) in [6, 6.07) is 0.570. The van der Waals surface area contributed by atoms with Crippen LogP contribution in [0.2, 0.25) is 0 Å². The van der Waals surface area contributed by atoms with Crippen LogP contribution in [-0.4, -0.2) is 22.9 Å². The molecule has 1 aromatic rings. The SMILES string of the molecule is CCC(Cc1cnn(C)c1)C(C)NC. The highest BCUT2D eigenvalue weighted by Crippen LogP contribution is 2.15. The molecule has 80 valence electrons. The second kappa shape index (κ2) is 5.15. The average molecular weight is 195 g/mol. The van der Waals surface area contributed by atoms with Gasteiger partial charge in [0.15, 0.2) is 0 Å². The normalized spacial score (nSPS) is 15.4. The summed E-state index contributed by atoms with van der Waals surface area (Å²) in [5.41, 5.74) is 1.33. The third-order valence-electron chi connectivity index (χ3n) is 2.94. The molecule has 3 heteroatoms. The standard InChI is InChI=1S/C11H21N3/c1-5-11(9(2)12-3)6-10-7-13-14(4)8-10/h7-9,11-12H,5-6H2,1-4H3. The largest absolute Gasteiger partial charge is 0.317 e. The van der Waals surface area contributed by atoms with E-state index >= 15 is 0 Å². The molecular formula is C11H21N3. The van der Waals surface area contributed by atoms with Gasteiger partial charge in [0.05, 0.1) is 6.20 Å². The summed E-state index contributed by atoms with van der Waals surface area (Å²) in [5.74, 6) is 0.698. The van der Waals surface area contributed by atoms with E-state index in [1.807, 2.05) is 25.0 Å². The summed E-state index contributed by atoms with van der Waals surface area (Å²) in [4.78, 5) is 0. The van der Waals surface area contributed by atoms with Crippen molar-refractivity contribution < 1.29 is 0 Å². The second-order valence-electron chi connectivity index (χ2n) is 3.97. The lowest BCUT2D eigenvalue weighted by molar-refractivity contribution is 0.381. The highest BCUT2D eigenvalue weighted by molar-refractivity contribution is 5.05. The van der Waals surface area contributed by atoms with E-state index in [1.165, 1.54) is 12.0 Å². The Hall–Kier alpha value is -0.830. The van der Waals surface area contributed by atoms with Gasteiger partial charge >= 0.3 is 0 Å². The molecule has 0 aromatic carbocycles. The van der Waals surface area contributed by atoms with Gasteiger partial charge in [-0.1, -0.05) is 13.3 Å². The van der Waals surface area contributed by atoms with Crippen molar-refractivity contribution in [2.75, 3.05) is 7.05 Å². The van der Waals surface area contributed by atoms with E-state index in [-0.39, 0.29) is 0 Å². The van der Waals surface area contributed by atoms with Crippen LogP contribution in [0.15, 0.2) is 12.4 Å². The van der Waals surface area contributed by atoms with Crippen LogP contribution >= 0.6 is 0 Å². The fourth-order valence-electron chi connectivity index (χ4n) is 1.79. The van der Waals surface area contributed by atoms with Crippen LogP contribution in [0, 0.1) is 5.92 Å². The summed E-state index contributed by atoms with van der Waals surface area (Å²) < 4.78 is 1.87. The highest BCUT2D eigenvalue weighted by atomic mass is 15.2. The van der Waals surface area contributed by atoms with Crippen molar-refractivity contribution in [2.45, 2.75) is 32.7 Å². The van der Waals surface area contributed by atoms with Crippen molar-refractivity contribution in [1.29, 1.82) is 0 Å². The molecule has 0 amide bonds. The molecule has 0 aliphatic carbocycles. The van der Waals surface area contributed by atoms with Crippen molar-refractivity contribution in [3.8, 4) is 0 Å². The molecule has 2 unspecified atom stereocenters. The molecule has 14 heavy (non-hydrogen) atoms. The molecule has 1 aromatic heterocycles. The molecule has 3 nitrogen and oxygen atoms in total. The fraction of sp³-hybridized carbons (Fsp3) is 0.727. The van der Waals surface area contributed by atoms with Crippen LogP contribution in [-0.2, 0) is 13.5 Å². The Bertz CT molecular complexity index is 267. The fourth-order valence-corrected chi connectivity index (χ4v) is 1.79. The van der Waals surface area contributed by atoms with E-state index in [4.69, 9.17) is 0 Å². The summed E-state index contributed by atoms with van der Waals surface area (Å²) in [6.07, 6.45) is 6.39. The van der Waals surface area contributed by atoms with Crippen molar-refractivity contribution in [1.82, 2.24) is 15.1 Å². The van der Waals surface area contributed by atoms with Crippen LogP contribution in [0.3, 0.4) is 0 Å². The Labute approximate surface area is 86.5 Å². The molecule has 0 fully saturated rings. The molecule has 2 atom stereocenters. The quantitative estimate of drug-likeness (QED) is 0.773. The van der Waals surface area contributed by atoms with Gasteiger partial charge in [-0.05, 0) is 31.9 Å². The molecule has 0 aliphatic heterocycles. The molecule has 1 N–H and O–H groups in total. The zero-order chi connectivity index (χ0) is 10.6. The first-order valence-corrected chi connectivity index (χ1v) is 5.32. The smallest absolute Gasteiger partial charge is 0.0521 e. The maximum absolute atomic E-state index is 4.19. The molecular weight excluding hydrogens is 174 g/mol. The highest BCUT2D eigenvalue weighted by Gasteiger charge is 2.14. The number of nitrogens with zero attached hydrogens (tertiary/aromatic N) is 2. The maximum atomic E-state index is 4.19. The first kappa shape index (κ1) is 11.2. The minimum Gasteiger partial charge on any atom is -0.317 e. The molecule has 1 rings (SSSR count). The minimum absolute atomic E-state index is 0.570. The number of aromatic nitrogens is 2. The van der Waals surface area contributed by atoms with Gasteiger partial charge in [-0.15, -0.1) is 0 Å². The summed E-state index contributed by atoms with van der Waals surface area (Å²) in [7, 11) is 3.99. The van der Waals surface area contributed by atoms with Crippen molar-refractivity contribution in [3.63, 3.8) is 0 Å². The maximum Gasteiger partial charge on any atom is 0.0521 e. The lowest BCUT2D eigenvalue weighted by Crippen LogP contribution is -2.31. The number of nitrogens with one attached hydrogen (secondary N) is 1. The second-order valence-corrected chi connectivity index (χ2v) is 3.97. The zero-order valence-electron chi connectivity index (χ0n) is 9.62. The first-order valence-electron chi connectivity index (χ1n) is 5.32. The van der Waals surface area contributed by atoms with Crippen molar-refractivity contribution in [3.05, 3.63) is 18.0 Å². The molecule has 0 bridgehead atoms. The van der Waals surface area contributed by atoms with Gasteiger partial charge in [0, 0.05) is 19.3 Å². The Balaban J connectivity index is 2.56. The van der Waals surface area contributed by atoms with E-state index in [1.54, 1.807) is 0 Å². The number of aryl methyl sites for hydroxylation is 1. The molecule has 1 heterocycles. The van der Waals surface area contributed by atoms with E-state index in [0.29, 0.717) is 12.0 Å². The molecule has 0 saturated carbocycles. The van der Waals surface area contributed by atoms with Gasteiger partial charge in [0.2, 0.25) is 0 Å². The number of hydrogen-bond donors (Lipinski definition) is 1. The average Bonchev–Trinajstić information content (AvgIpc) is 2.59. The van der Waals surface area contributed by atoms with Gasteiger partial charge in [-0.3, -0.25) is 4.68 Å². The first-order chi connectivity index (χ1) is 6.67. The Kier molecular flexibility index (Phi) is 4.14. The summed E-state index contributed by atoms with van der Waals surface area (Å²) in [6.45, 7) is 4.49. The topological polar surface area (TPSA) is 29.9 Å². The third kappa shape index (κ3) is 2.84. The van der Waals surface area contributed by atoms with E-state index in [2.05, 4.69) is 30.5 Å². The molecule has 0 radical (unpaired) electrons. The van der Waals surface area contributed by atoms with Crippen molar-refractivity contribution in [2.24, 2.45) is 13.0 Å². The molecule has 0 saturated heterocycles.